The number of piperidine rings is 1. The van der Waals surface area contributed by atoms with Crippen molar-refractivity contribution in [3.63, 3.8) is 0 Å². The summed E-state index contributed by atoms with van der Waals surface area (Å²) in [6.07, 6.45) is 4.04. The van der Waals surface area contributed by atoms with Gasteiger partial charge in [0, 0.05) is 37.0 Å². The third kappa shape index (κ3) is 2.34. The fourth-order valence-corrected chi connectivity index (χ4v) is 2.96. The topological polar surface area (TPSA) is 64.3 Å². The Balaban J connectivity index is 1.97. The first-order valence-electron chi connectivity index (χ1n) is 7.03. The molecule has 20 heavy (non-hydrogen) atoms. The Hall–Kier alpha value is -1.72. The predicted molar refractivity (Wildman–Crippen MR) is 79.8 cm³/mol. The van der Waals surface area contributed by atoms with Gasteiger partial charge in [0.1, 0.15) is 0 Å². The SMILES string of the molecule is COC1CCN(c2nncc3ccccc23)C(CN)C1. The van der Waals surface area contributed by atoms with Gasteiger partial charge in [0.05, 0.1) is 12.3 Å². The fourth-order valence-electron chi connectivity index (χ4n) is 2.96. The molecule has 2 unspecified atom stereocenters. The first-order valence-corrected chi connectivity index (χ1v) is 7.03. The summed E-state index contributed by atoms with van der Waals surface area (Å²) in [6.45, 7) is 1.51. The van der Waals surface area contributed by atoms with Crippen LogP contribution in [0.4, 0.5) is 5.82 Å². The summed E-state index contributed by atoms with van der Waals surface area (Å²) in [5, 5.41) is 10.7. The van der Waals surface area contributed by atoms with E-state index in [9.17, 15) is 0 Å². The van der Waals surface area contributed by atoms with Crippen LogP contribution in [0.1, 0.15) is 12.8 Å². The van der Waals surface area contributed by atoms with E-state index in [1.54, 1.807) is 13.3 Å². The third-order valence-corrected chi connectivity index (χ3v) is 4.10. The Morgan fingerprint density at radius 3 is 3.05 bits per heavy atom. The number of rotatable bonds is 3. The van der Waals surface area contributed by atoms with Crippen molar-refractivity contribution in [2.75, 3.05) is 25.1 Å². The van der Waals surface area contributed by atoms with Gasteiger partial charge in [-0.15, -0.1) is 5.10 Å². The van der Waals surface area contributed by atoms with Gasteiger partial charge >= 0.3 is 0 Å². The molecule has 1 aromatic heterocycles. The van der Waals surface area contributed by atoms with Crippen LogP contribution in [0.3, 0.4) is 0 Å². The summed E-state index contributed by atoms with van der Waals surface area (Å²) in [4.78, 5) is 2.28. The number of nitrogens with zero attached hydrogens (tertiary/aromatic N) is 3. The van der Waals surface area contributed by atoms with Gasteiger partial charge in [-0.25, -0.2) is 0 Å². The molecule has 2 aromatic rings. The minimum Gasteiger partial charge on any atom is -0.381 e. The molecule has 2 heterocycles. The molecular formula is C15H20N4O. The van der Waals surface area contributed by atoms with Crippen LogP contribution in [-0.4, -0.2) is 42.5 Å². The van der Waals surface area contributed by atoms with Crippen LogP contribution in [-0.2, 0) is 4.74 Å². The van der Waals surface area contributed by atoms with Gasteiger partial charge in [0.25, 0.3) is 0 Å². The van der Waals surface area contributed by atoms with Crippen molar-refractivity contribution >= 4 is 16.6 Å². The molecule has 106 valence electrons. The molecule has 0 saturated carbocycles. The molecule has 2 atom stereocenters. The van der Waals surface area contributed by atoms with E-state index in [1.165, 1.54) is 0 Å². The molecule has 0 radical (unpaired) electrons. The summed E-state index contributed by atoms with van der Waals surface area (Å²) in [7, 11) is 1.77. The van der Waals surface area contributed by atoms with Gasteiger partial charge < -0.3 is 15.4 Å². The smallest absolute Gasteiger partial charge is 0.159 e. The highest BCUT2D eigenvalue weighted by Crippen LogP contribution is 2.29. The molecule has 1 aliphatic heterocycles. The number of hydrogen-bond donors (Lipinski definition) is 1. The first-order chi connectivity index (χ1) is 9.83. The van der Waals surface area contributed by atoms with Crippen LogP contribution in [0.2, 0.25) is 0 Å². The van der Waals surface area contributed by atoms with Crippen LogP contribution in [0.15, 0.2) is 30.5 Å². The highest BCUT2D eigenvalue weighted by atomic mass is 16.5. The number of nitrogens with two attached hydrogens (primary N) is 1. The third-order valence-electron chi connectivity index (χ3n) is 4.10. The van der Waals surface area contributed by atoms with Gasteiger partial charge in [0.15, 0.2) is 5.82 Å². The predicted octanol–water partition coefficient (Wildman–Crippen LogP) is 1.57. The van der Waals surface area contributed by atoms with Crippen molar-refractivity contribution in [2.45, 2.75) is 25.0 Å². The molecule has 0 spiro atoms. The van der Waals surface area contributed by atoms with E-state index in [2.05, 4.69) is 27.2 Å². The molecule has 5 nitrogen and oxygen atoms in total. The number of anilines is 1. The van der Waals surface area contributed by atoms with Crippen molar-refractivity contribution in [1.82, 2.24) is 10.2 Å². The lowest BCUT2D eigenvalue weighted by atomic mass is 9.98. The van der Waals surface area contributed by atoms with E-state index in [0.29, 0.717) is 12.6 Å². The Kier molecular flexibility index (Phi) is 3.80. The Labute approximate surface area is 118 Å². The highest BCUT2D eigenvalue weighted by molar-refractivity contribution is 5.91. The molecule has 3 rings (SSSR count). The average Bonchev–Trinajstić information content (AvgIpc) is 2.53. The summed E-state index contributed by atoms with van der Waals surface area (Å²) in [5.41, 5.74) is 5.95. The van der Waals surface area contributed by atoms with E-state index < -0.39 is 0 Å². The molecule has 1 saturated heterocycles. The summed E-state index contributed by atoms with van der Waals surface area (Å²) in [5.74, 6) is 0.938. The minimum atomic E-state index is 0.258. The van der Waals surface area contributed by atoms with E-state index in [0.717, 1.165) is 36.0 Å². The fraction of sp³-hybridized carbons (Fsp3) is 0.467. The zero-order chi connectivity index (χ0) is 13.9. The molecule has 0 bridgehead atoms. The lowest BCUT2D eigenvalue weighted by Crippen LogP contribution is -2.49. The molecular weight excluding hydrogens is 252 g/mol. The molecule has 1 aliphatic rings. The van der Waals surface area contributed by atoms with Crippen LogP contribution < -0.4 is 10.6 Å². The summed E-state index contributed by atoms with van der Waals surface area (Å²) < 4.78 is 5.48. The Bertz CT molecular complexity index is 584. The van der Waals surface area contributed by atoms with Gasteiger partial charge in [0.2, 0.25) is 0 Å². The van der Waals surface area contributed by atoms with E-state index in [1.807, 2.05) is 12.1 Å². The van der Waals surface area contributed by atoms with Crippen molar-refractivity contribution in [3.05, 3.63) is 30.5 Å². The maximum Gasteiger partial charge on any atom is 0.159 e. The highest BCUT2D eigenvalue weighted by Gasteiger charge is 2.29. The Morgan fingerprint density at radius 1 is 1.40 bits per heavy atom. The lowest BCUT2D eigenvalue weighted by molar-refractivity contribution is 0.0708. The number of fused-ring (bicyclic) bond motifs is 1. The zero-order valence-electron chi connectivity index (χ0n) is 11.7. The number of hydrogen-bond acceptors (Lipinski definition) is 5. The summed E-state index contributed by atoms with van der Waals surface area (Å²) in [6, 6.07) is 8.47. The number of aromatic nitrogens is 2. The van der Waals surface area contributed by atoms with E-state index in [-0.39, 0.29) is 6.04 Å². The molecule has 1 fully saturated rings. The second-order valence-electron chi connectivity index (χ2n) is 5.22. The second-order valence-corrected chi connectivity index (χ2v) is 5.22. The largest absolute Gasteiger partial charge is 0.381 e. The van der Waals surface area contributed by atoms with Gasteiger partial charge in [-0.2, -0.15) is 5.10 Å². The molecule has 0 aliphatic carbocycles. The molecule has 2 N–H and O–H groups in total. The molecule has 0 amide bonds. The van der Waals surface area contributed by atoms with E-state index >= 15 is 0 Å². The molecule has 5 heteroatoms. The number of benzene rings is 1. The standard InChI is InChI=1S/C15H20N4O/c1-20-13-6-7-19(12(8-13)9-16)15-14-5-3-2-4-11(14)10-17-18-15/h2-5,10,12-13H,6-9,16H2,1H3. The van der Waals surface area contributed by atoms with Crippen molar-refractivity contribution in [2.24, 2.45) is 5.73 Å². The first kappa shape index (κ1) is 13.3. The van der Waals surface area contributed by atoms with Crippen LogP contribution in [0, 0.1) is 0 Å². The van der Waals surface area contributed by atoms with Crippen molar-refractivity contribution in [1.29, 1.82) is 0 Å². The van der Waals surface area contributed by atoms with Gasteiger partial charge in [-0.3, -0.25) is 0 Å². The maximum absolute atomic E-state index is 5.95. The van der Waals surface area contributed by atoms with Crippen LogP contribution in [0.5, 0.6) is 0 Å². The Morgan fingerprint density at radius 2 is 2.25 bits per heavy atom. The quantitative estimate of drug-likeness (QED) is 0.919. The van der Waals surface area contributed by atoms with Gasteiger partial charge in [-0.05, 0) is 12.8 Å². The average molecular weight is 272 g/mol. The van der Waals surface area contributed by atoms with E-state index in [4.69, 9.17) is 10.5 Å². The molecule has 1 aromatic carbocycles. The minimum absolute atomic E-state index is 0.258. The lowest BCUT2D eigenvalue weighted by Gasteiger charge is -2.39. The number of ether oxygens (including phenoxy) is 1. The van der Waals surface area contributed by atoms with Crippen molar-refractivity contribution in [3.8, 4) is 0 Å². The zero-order valence-corrected chi connectivity index (χ0v) is 11.7. The van der Waals surface area contributed by atoms with Crippen LogP contribution in [0.25, 0.3) is 10.8 Å². The second kappa shape index (κ2) is 5.73. The normalized spacial score (nSPS) is 23.2. The summed E-state index contributed by atoms with van der Waals surface area (Å²) >= 11 is 0. The van der Waals surface area contributed by atoms with Gasteiger partial charge in [-0.1, -0.05) is 24.3 Å². The van der Waals surface area contributed by atoms with Crippen molar-refractivity contribution < 1.29 is 4.74 Å². The van der Waals surface area contributed by atoms with Crippen LogP contribution >= 0.6 is 0 Å². The number of methoxy groups -OCH3 is 1. The maximum atomic E-state index is 5.95. The monoisotopic (exact) mass is 272 g/mol.